The van der Waals surface area contributed by atoms with E-state index in [2.05, 4.69) is 30.9 Å². The maximum Gasteiger partial charge on any atom is 0.311 e. The second-order valence-electron chi connectivity index (χ2n) is 6.71. The Balaban J connectivity index is 1.91. The number of likely N-dealkylation sites (N-methyl/N-ethyl adjacent to an activating group) is 1. The summed E-state index contributed by atoms with van der Waals surface area (Å²) in [5.74, 6) is 0.517. The van der Waals surface area contributed by atoms with Crippen molar-refractivity contribution in [3.05, 3.63) is 30.0 Å². The molecule has 0 aliphatic rings. The zero-order valence-corrected chi connectivity index (χ0v) is 15.2. The molecule has 0 bridgehead atoms. The fraction of sp³-hybridized carbons (Fsp3) is 0.550. The van der Waals surface area contributed by atoms with Crippen LogP contribution < -0.4 is 4.74 Å². The number of benzene rings is 1. The molecule has 0 saturated heterocycles. The Morgan fingerprint density at radius 1 is 1.17 bits per heavy atom. The molecular weight excluding hydrogens is 300 g/mol. The lowest BCUT2D eigenvalue weighted by Gasteiger charge is -2.09. The maximum atomic E-state index is 12.0. The van der Waals surface area contributed by atoms with E-state index in [9.17, 15) is 4.79 Å². The molecule has 0 spiro atoms. The van der Waals surface area contributed by atoms with Gasteiger partial charge in [-0.2, -0.15) is 0 Å². The summed E-state index contributed by atoms with van der Waals surface area (Å²) < 4.78 is 5.52. The first kappa shape index (κ1) is 18.5. The molecule has 1 aromatic carbocycles. The number of hydrogen-bond donors (Lipinski definition) is 1. The molecule has 2 aromatic rings. The predicted molar refractivity (Wildman–Crippen MR) is 99.6 cm³/mol. The zero-order valence-electron chi connectivity index (χ0n) is 15.2. The molecule has 1 heterocycles. The molecule has 4 heteroatoms. The standard InChI is InChI=1S/C20H30N2O2/c1-4-5-6-7-8-9-20(23)24-17-10-11-19-18(14-17)16(15-21-19)12-13-22(2)3/h10-11,14-15,21H,4-9,12-13H2,1-3H3. The molecule has 0 amide bonds. The number of fused-ring (bicyclic) bond motifs is 1. The number of carbonyl (C=O) groups excluding carboxylic acids is 1. The summed E-state index contributed by atoms with van der Waals surface area (Å²) in [6.45, 7) is 3.19. The number of unbranched alkanes of at least 4 members (excludes halogenated alkanes) is 4. The van der Waals surface area contributed by atoms with Crippen molar-refractivity contribution in [2.45, 2.75) is 51.9 Å². The van der Waals surface area contributed by atoms with Crippen LogP contribution in [0.1, 0.15) is 51.0 Å². The minimum atomic E-state index is -0.128. The number of aromatic amines is 1. The van der Waals surface area contributed by atoms with Crippen LogP contribution in [0.5, 0.6) is 5.75 Å². The number of carbonyl (C=O) groups is 1. The van der Waals surface area contributed by atoms with Crippen molar-refractivity contribution in [3.63, 3.8) is 0 Å². The fourth-order valence-corrected chi connectivity index (χ4v) is 2.83. The van der Waals surface area contributed by atoms with Crippen LogP contribution in [0, 0.1) is 0 Å². The van der Waals surface area contributed by atoms with E-state index in [4.69, 9.17) is 4.74 Å². The van der Waals surface area contributed by atoms with Gasteiger partial charge in [-0.25, -0.2) is 0 Å². The Hall–Kier alpha value is -1.81. The molecule has 0 radical (unpaired) electrons. The molecule has 0 aliphatic heterocycles. The number of rotatable bonds is 10. The first-order chi connectivity index (χ1) is 11.6. The van der Waals surface area contributed by atoms with Crippen molar-refractivity contribution < 1.29 is 9.53 Å². The quantitative estimate of drug-likeness (QED) is 0.395. The van der Waals surface area contributed by atoms with E-state index in [1.807, 2.05) is 24.4 Å². The van der Waals surface area contributed by atoms with Crippen molar-refractivity contribution in [2.75, 3.05) is 20.6 Å². The monoisotopic (exact) mass is 330 g/mol. The Morgan fingerprint density at radius 2 is 1.96 bits per heavy atom. The first-order valence-corrected chi connectivity index (χ1v) is 9.05. The molecule has 0 unspecified atom stereocenters. The second kappa shape index (κ2) is 9.48. The lowest BCUT2D eigenvalue weighted by atomic mass is 10.1. The summed E-state index contributed by atoms with van der Waals surface area (Å²) in [6, 6.07) is 5.83. The zero-order chi connectivity index (χ0) is 17.4. The molecule has 24 heavy (non-hydrogen) atoms. The van der Waals surface area contributed by atoms with E-state index in [1.165, 1.54) is 24.8 Å². The fourth-order valence-electron chi connectivity index (χ4n) is 2.83. The SMILES string of the molecule is CCCCCCCC(=O)Oc1ccc2[nH]cc(CCN(C)C)c2c1. The third-order valence-electron chi connectivity index (χ3n) is 4.28. The topological polar surface area (TPSA) is 45.3 Å². The molecule has 2 rings (SSSR count). The third kappa shape index (κ3) is 5.68. The molecule has 0 saturated carbocycles. The summed E-state index contributed by atoms with van der Waals surface area (Å²) >= 11 is 0. The number of hydrogen-bond acceptors (Lipinski definition) is 3. The van der Waals surface area contributed by atoms with Gasteiger partial charge in [0.1, 0.15) is 5.75 Å². The van der Waals surface area contributed by atoms with Crippen molar-refractivity contribution in [2.24, 2.45) is 0 Å². The van der Waals surface area contributed by atoms with Crippen LogP contribution in [-0.4, -0.2) is 36.5 Å². The Bertz CT molecular complexity index is 646. The lowest BCUT2D eigenvalue weighted by Crippen LogP contribution is -2.14. The first-order valence-electron chi connectivity index (χ1n) is 9.05. The van der Waals surface area contributed by atoms with Crippen LogP contribution in [0.25, 0.3) is 10.9 Å². The molecular formula is C20H30N2O2. The highest BCUT2D eigenvalue weighted by Crippen LogP contribution is 2.24. The van der Waals surface area contributed by atoms with Gasteiger partial charge in [-0.3, -0.25) is 4.79 Å². The Morgan fingerprint density at radius 3 is 2.71 bits per heavy atom. The average Bonchev–Trinajstić information content (AvgIpc) is 2.95. The van der Waals surface area contributed by atoms with Crippen molar-refractivity contribution in [3.8, 4) is 5.75 Å². The van der Waals surface area contributed by atoms with Gasteiger partial charge >= 0.3 is 5.97 Å². The lowest BCUT2D eigenvalue weighted by molar-refractivity contribution is -0.134. The Labute approximate surface area is 145 Å². The van der Waals surface area contributed by atoms with Crippen LogP contribution in [0.2, 0.25) is 0 Å². The Kier molecular flexibility index (Phi) is 7.32. The van der Waals surface area contributed by atoms with Crippen molar-refractivity contribution in [1.29, 1.82) is 0 Å². The van der Waals surface area contributed by atoms with Gasteiger partial charge in [0.2, 0.25) is 0 Å². The largest absolute Gasteiger partial charge is 0.427 e. The average molecular weight is 330 g/mol. The normalized spacial score (nSPS) is 11.3. The number of esters is 1. The maximum absolute atomic E-state index is 12.0. The van der Waals surface area contributed by atoms with Gasteiger partial charge in [0, 0.05) is 30.1 Å². The van der Waals surface area contributed by atoms with Crippen LogP contribution in [0.4, 0.5) is 0 Å². The van der Waals surface area contributed by atoms with Gasteiger partial charge in [-0.05, 0) is 50.7 Å². The molecule has 0 fully saturated rings. The smallest absolute Gasteiger partial charge is 0.311 e. The van der Waals surface area contributed by atoms with Gasteiger partial charge in [-0.1, -0.05) is 32.6 Å². The van der Waals surface area contributed by atoms with Crippen molar-refractivity contribution >= 4 is 16.9 Å². The van der Waals surface area contributed by atoms with Crippen LogP contribution in [-0.2, 0) is 11.2 Å². The van der Waals surface area contributed by atoms with E-state index in [1.54, 1.807) is 0 Å². The van der Waals surface area contributed by atoms with Crippen LogP contribution in [0.3, 0.4) is 0 Å². The number of ether oxygens (including phenoxy) is 1. The summed E-state index contributed by atoms with van der Waals surface area (Å²) in [6.07, 6.45) is 9.21. The van der Waals surface area contributed by atoms with Gasteiger partial charge in [0.15, 0.2) is 0 Å². The molecule has 1 N–H and O–H groups in total. The van der Waals surface area contributed by atoms with E-state index in [0.29, 0.717) is 12.2 Å². The van der Waals surface area contributed by atoms with E-state index in [0.717, 1.165) is 36.7 Å². The highest BCUT2D eigenvalue weighted by atomic mass is 16.5. The molecule has 1 aromatic heterocycles. The summed E-state index contributed by atoms with van der Waals surface area (Å²) in [7, 11) is 4.14. The number of aromatic nitrogens is 1. The highest BCUT2D eigenvalue weighted by molar-refractivity contribution is 5.85. The van der Waals surface area contributed by atoms with E-state index >= 15 is 0 Å². The number of nitrogens with zero attached hydrogens (tertiary/aromatic N) is 1. The second-order valence-corrected chi connectivity index (χ2v) is 6.71. The predicted octanol–water partition coefficient (Wildman–Crippen LogP) is 4.54. The van der Waals surface area contributed by atoms with Gasteiger partial charge in [-0.15, -0.1) is 0 Å². The van der Waals surface area contributed by atoms with Gasteiger partial charge in [0.05, 0.1) is 0 Å². The molecule has 0 atom stereocenters. The summed E-state index contributed by atoms with van der Waals surface area (Å²) in [4.78, 5) is 17.4. The van der Waals surface area contributed by atoms with Crippen LogP contribution in [0.15, 0.2) is 24.4 Å². The summed E-state index contributed by atoms with van der Waals surface area (Å²) in [5, 5.41) is 1.14. The van der Waals surface area contributed by atoms with E-state index in [-0.39, 0.29) is 5.97 Å². The van der Waals surface area contributed by atoms with Gasteiger partial charge in [0.25, 0.3) is 0 Å². The number of nitrogens with one attached hydrogen (secondary N) is 1. The number of H-pyrrole nitrogens is 1. The minimum Gasteiger partial charge on any atom is -0.427 e. The van der Waals surface area contributed by atoms with Gasteiger partial charge < -0.3 is 14.6 Å². The van der Waals surface area contributed by atoms with Crippen LogP contribution >= 0.6 is 0 Å². The summed E-state index contributed by atoms with van der Waals surface area (Å²) in [5.41, 5.74) is 2.35. The third-order valence-corrected chi connectivity index (χ3v) is 4.28. The molecule has 4 nitrogen and oxygen atoms in total. The highest BCUT2D eigenvalue weighted by Gasteiger charge is 2.09. The van der Waals surface area contributed by atoms with Crippen molar-refractivity contribution in [1.82, 2.24) is 9.88 Å². The molecule has 132 valence electrons. The van der Waals surface area contributed by atoms with E-state index < -0.39 is 0 Å². The molecule has 0 aliphatic carbocycles. The minimum absolute atomic E-state index is 0.128.